The summed E-state index contributed by atoms with van der Waals surface area (Å²) < 4.78 is 6.24. The first kappa shape index (κ1) is 13.9. The third-order valence-electron chi connectivity index (χ3n) is 7.57. The van der Waals surface area contributed by atoms with E-state index in [0.29, 0.717) is 11.8 Å². The van der Waals surface area contributed by atoms with Crippen molar-refractivity contribution in [2.75, 3.05) is 6.54 Å². The van der Waals surface area contributed by atoms with E-state index in [1.54, 1.807) is 6.07 Å². The Kier molecular flexibility index (Phi) is 2.37. The molecule has 24 heavy (non-hydrogen) atoms. The van der Waals surface area contributed by atoms with Gasteiger partial charge in [-0.15, -0.1) is 0 Å². The van der Waals surface area contributed by atoms with Crippen molar-refractivity contribution < 1.29 is 14.9 Å². The minimum absolute atomic E-state index is 0.0869. The fourth-order valence-corrected chi connectivity index (χ4v) is 6.46. The van der Waals surface area contributed by atoms with Gasteiger partial charge in [-0.25, -0.2) is 0 Å². The van der Waals surface area contributed by atoms with Crippen LogP contribution in [-0.4, -0.2) is 51.5 Å². The molecule has 6 rings (SSSR count). The van der Waals surface area contributed by atoms with Crippen molar-refractivity contribution in [2.45, 2.75) is 73.8 Å². The van der Waals surface area contributed by atoms with Crippen molar-refractivity contribution in [1.82, 2.24) is 4.90 Å². The van der Waals surface area contributed by atoms with Crippen LogP contribution in [0.3, 0.4) is 0 Å². The summed E-state index contributed by atoms with van der Waals surface area (Å²) in [6.45, 7) is 0.999. The molecule has 3 fully saturated rings. The highest BCUT2D eigenvalue weighted by Gasteiger charge is 2.73. The topological polar surface area (TPSA) is 79.0 Å². The van der Waals surface area contributed by atoms with E-state index in [0.717, 1.165) is 37.8 Å². The molecule has 1 aromatic carbocycles. The Morgan fingerprint density at radius 2 is 2.04 bits per heavy atom. The van der Waals surface area contributed by atoms with Gasteiger partial charge in [-0.05, 0) is 56.7 Å². The van der Waals surface area contributed by atoms with Gasteiger partial charge >= 0.3 is 0 Å². The summed E-state index contributed by atoms with van der Waals surface area (Å²) >= 11 is 0. The molecule has 5 aliphatic rings. The second-order valence-corrected chi connectivity index (χ2v) is 8.52. The van der Waals surface area contributed by atoms with E-state index >= 15 is 0 Å². The number of phenols is 1. The molecule has 4 N–H and O–H groups in total. The second-order valence-electron chi connectivity index (χ2n) is 8.52. The Balaban J connectivity index is 1.63. The molecule has 2 heterocycles. The molecule has 3 unspecified atom stereocenters. The van der Waals surface area contributed by atoms with Gasteiger partial charge < -0.3 is 20.7 Å². The number of likely N-dealkylation sites (tertiary alicyclic amines) is 1. The van der Waals surface area contributed by atoms with E-state index in [1.165, 1.54) is 18.4 Å². The fourth-order valence-electron chi connectivity index (χ4n) is 6.46. The molecule has 0 radical (unpaired) electrons. The summed E-state index contributed by atoms with van der Waals surface area (Å²) in [5.41, 5.74) is 7.52. The molecule has 2 aliphatic heterocycles. The number of aliphatic hydroxyl groups is 1. The van der Waals surface area contributed by atoms with Gasteiger partial charge in [0.15, 0.2) is 11.5 Å². The Labute approximate surface area is 141 Å². The first-order valence-electron chi connectivity index (χ1n) is 9.32. The SMILES string of the molecule is NC1CC[C@@]2(O)C3Cc4ccc(O)c5c4[C@@]2(CCN3C2CC2)C1O5. The number of ether oxygens (including phenoxy) is 1. The quantitative estimate of drug-likeness (QED) is 0.718. The predicted molar refractivity (Wildman–Crippen MR) is 88.2 cm³/mol. The van der Waals surface area contributed by atoms with Crippen LogP contribution in [0.15, 0.2) is 12.1 Å². The summed E-state index contributed by atoms with van der Waals surface area (Å²) in [4.78, 5) is 2.56. The zero-order valence-electron chi connectivity index (χ0n) is 13.7. The highest BCUT2D eigenvalue weighted by atomic mass is 16.5. The zero-order chi connectivity index (χ0) is 16.3. The maximum absolute atomic E-state index is 12.0. The number of phenolic OH excluding ortho intramolecular Hbond substituents is 1. The van der Waals surface area contributed by atoms with Gasteiger partial charge in [-0.3, -0.25) is 4.90 Å². The second kappa shape index (κ2) is 4.09. The zero-order valence-corrected chi connectivity index (χ0v) is 13.7. The third-order valence-corrected chi connectivity index (χ3v) is 7.57. The summed E-state index contributed by atoms with van der Waals surface area (Å²) in [5, 5.41) is 22.4. The lowest BCUT2D eigenvalue weighted by Crippen LogP contribution is -2.78. The molecule has 2 saturated carbocycles. The number of benzene rings is 1. The smallest absolute Gasteiger partial charge is 0.165 e. The van der Waals surface area contributed by atoms with Crippen LogP contribution in [0.25, 0.3) is 0 Å². The van der Waals surface area contributed by atoms with Gasteiger partial charge in [0.2, 0.25) is 0 Å². The third kappa shape index (κ3) is 1.33. The van der Waals surface area contributed by atoms with E-state index < -0.39 is 11.0 Å². The molecule has 5 atom stereocenters. The van der Waals surface area contributed by atoms with Crippen molar-refractivity contribution in [2.24, 2.45) is 5.73 Å². The summed E-state index contributed by atoms with van der Waals surface area (Å²) in [6, 6.07) is 4.49. The summed E-state index contributed by atoms with van der Waals surface area (Å²) in [6.07, 6.45) is 5.53. The lowest BCUT2D eigenvalue weighted by molar-refractivity contribution is -0.190. The largest absolute Gasteiger partial charge is 0.504 e. The van der Waals surface area contributed by atoms with Gasteiger partial charge in [0.05, 0.1) is 11.0 Å². The maximum Gasteiger partial charge on any atom is 0.165 e. The van der Waals surface area contributed by atoms with Crippen LogP contribution in [0.4, 0.5) is 0 Å². The molecule has 0 amide bonds. The van der Waals surface area contributed by atoms with E-state index in [-0.39, 0.29) is 23.9 Å². The number of rotatable bonds is 1. The lowest BCUT2D eigenvalue weighted by Gasteiger charge is -2.64. The van der Waals surface area contributed by atoms with Crippen LogP contribution in [0, 0.1) is 0 Å². The molecule has 2 bridgehead atoms. The van der Waals surface area contributed by atoms with Crippen molar-refractivity contribution in [1.29, 1.82) is 0 Å². The highest BCUT2D eigenvalue weighted by molar-refractivity contribution is 5.62. The van der Waals surface area contributed by atoms with Gasteiger partial charge in [0.1, 0.15) is 6.10 Å². The van der Waals surface area contributed by atoms with Crippen LogP contribution in [0.2, 0.25) is 0 Å². The minimum Gasteiger partial charge on any atom is -0.504 e. The van der Waals surface area contributed by atoms with E-state index in [1.807, 2.05) is 6.07 Å². The number of piperidine rings is 1. The van der Waals surface area contributed by atoms with Crippen LogP contribution in [0.1, 0.15) is 43.2 Å². The predicted octanol–water partition coefficient (Wildman–Crippen LogP) is 1.04. The van der Waals surface area contributed by atoms with Crippen LogP contribution < -0.4 is 10.5 Å². The lowest BCUT2D eigenvalue weighted by atomic mass is 9.48. The molecule has 5 heteroatoms. The molecule has 3 aliphatic carbocycles. The van der Waals surface area contributed by atoms with Crippen molar-refractivity contribution in [3.8, 4) is 11.5 Å². The summed E-state index contributed by atoms with van der Waals surface area (Å²) in [7, 11) is 0. The molecular weight excluding hydrogens is 304 g/mol. The molecule has 5 nitrogen and oxygen atoms in total. The Bertz CT molecular complexity index is 748. The number of nitrogens with two attached hydrogens (primary N) is 1. The van der Waals surface area contributed by atoms with Crippen molar-refractivity contribution in [3.63, 3.8) is 0 Å². The summed E-state index contributed by atoms with van der Waals surface area (Å²) in [5.74, 6) is 0.779. The van der Waals surface area contributed by atoms with Crippen molar-refractivity contribution in [3.05, 3.63) is 23.3 Å². The van der Waals surface area contributed by atoms with Gasteiger partial charge in [-0.1, -0.05) is 6.07 Å². The standard InChI is InChI=1S/C19H24N2O3/c20-12-5-6-19(23)14-9-10-1-4-13(22)16-15(10)18(19,17(12)24-16)7-8-21(14)11-2-3-11/h1,4,11-12,14,17,22-23H,2-3,5-9,20H2/t12?,14?,17?,18-,19+/m0/s1. The van der Waals surface area contributed by atoms with Crippen LogP contribution in [-0.2, 0) is 11.8 Å². The molecule has 128 valence electrons. The van der Waals surface area contributed by atoms with Crippen LogP contribution in [0.5, 0.6) is 11.5 Å². The first-order chi connectivity index (χ1) is 11.6. The van der Waals surface area contributed by atoms with Crippen molar-refractivity contribution >= 4 is 0 Å². The van der Waals surface area contributed by atoms with Crippen LogP contribution >= 0.6 is 0 Å². The monoisotopic (exact) mass is 328 g/mol. The average Bonchev–Trinajstić information content (AvgIpc) is 3.32. The molecule has 1 saturated heterocycles. The maximum atomic E-state index is 12.0. The molecule has 0 aromatic heterocycles. The fraction of sp³-hybridized carbons (Fsp3) is 0.684. The molecule has 1 spiro atoms. The first-order valence-corrected chi connectivity index (χ1v) is 9.32. The number of hydrogen-bond donors (Lipinski definition) is 3. The minimum atomic E-state index is -0.791. The van der Waals surface area contributed by atoms with E-state index in [4.69, 9.17) is 10.5 Å². The number of aromatic hydroxyl groups is 1. The van der Waals surface area contributed by atoms with Gasteiger partial charge in [0, 0.05) is 23.7 Å². The van der Waals surface area contributed by atoms with Gasteiger partial charge in [0.25, 0.3) is 0 Å². The Morgan fingerprint density at radius 3 is 2.83 bits per heavy atom. The molecule has 1 aromatic rings. The Morgan fingerprint density at radius 1 is 1.21 bits per heavy atom. The number of nitrogens with zero attached hydrogens (tertiary/aromatic N) is 1. The molecular formula is C19H24N2O3. The average molecular weight is 328 g/mol. The van der Waals surface area contributed by atoms with E-state index in [2.05, 4.69) is 4.90 Å². The number of hydrogen-bond acceptors (Lipinski definition) is 5. The normalized spacial score (nSPS) is 45.7. The highest BCUT2D eigenvalue weighted by Crippen LogP contribution is 2.65. The Hall–Kier alpha value is -1.30. The van der Waals surface area contributed by atoms with Gasteiger partial charge in [-0.2, -0.15) is 0 Å². The van der Waals surface area contributed by atoms with E-state index in [9.17, 15) is 10.2 Å².